The maximum Gasteiger partial charge on any atom is 0.127 e. The van der Waals surface area contributed by atoms with Crippen LogP contribution in [-0.4, -0.2) is 10.2 Å². The highest BCUT2D eigenvalue weighted by molar-refractivity contribution is 5.83. The molecule has 2 heteroatoms. The molecule has 0 unspecified atom stereocenters. The number of phenols is 1. The zero-order chi connectivity index (χ0) is 18.5. The molecule has 0 heterocycles. The van der Waals surface area contributed by atoms with E-state index in [4.69, 9.17) is 0 Å². The van der Waals surface area contributed by atoms with Crippen LogP contribution in [0.1, 0.15) is 72.9 Å². The molecule has 0 saturated carbocycles. The molecule has 132 valence electrons. The summed E-state index contributed by atoms with van der Waals surface area (Å²) in [4.78, 5) is 0. The molecule has 0 amide bonds. The van der Waals surface area contributed by atoms with Gasteiger partial charge in [0.2, 0.25) is 0 Å². The zero-order valence-electron chi connectivity index (χ0n) is 16.4. The van der Waals surface area contributed by atoms with Gasteiger partial charge in [-0.25, -0.2) is 0 Å². The summed E-state index contributed by atoms with van der Waals surface area (Å²) in [6, 6.07) is 5.81. The van der Waals surface area contributed by atoms with Crippen LogP contribution in [0.5, 0.6) is 5.75 Å². The van der Waals surface area contributed by atoms with E-state index in [0.717, 1.165) is 28.7 Å². The Hall–Kier alpha value is -1.70. The van der Waals surface area contributed by atoms with Crippen molar-refractivity contribution in [2.45, 2.75) is 67.2 Å². The van der Waals surface area contributed by atoms with Crippen molar-refractivity contribution in [2.75, 3.05) is 0 Å². The first kappa shape index (κ1) is 18.6. The van der Waals surface area contributed by atoms with Crippen LogP contribution in [0.3, 0.4) is 0 Å². The lowest BCUT2D eigenvalue weighted by molar-refractivity contribution is 0.337. The van der Waals surface area contributed by atoms with E-state index in [9.17, 15) is 10.2 Å². The van der Waals surface area contributed by atoms with Crippen LogP contribution in [0.4, 0.5) is 0 Å². The first-order valence-corrected chi connectivity index (χ1v) is 8.73. The summed E-state index contributed by atoms with van der Waals surface area (Å²) in [5, 5.41) is 21.8. The highest BCUT2D eigenvalue weighted by atomic mass is 16.3. The molecule has 0 atom stereocenters. The summed E-state index contributed by atoms with van der Waals surface area (Å²) in [6.45, 7) is 17.0. The van der Waals surface area contributed by atoms with Crippen molar-refractivity contribution >= 4 is 5.57 Å². The van der Waals surface area contributed by atoms with E-state index >= 15 is 0 Å². The van der Waals surface area contributed by atoms with E-state index < -0.39 is 0 Å². The van der Waals surface area contributed by atoms with Crippen LogP contribution in [-0.2, 0) is 5.41 Å². The summed E-state index contributed by atoms with van der Waals surface area (Å²) in [5.74, 6) is 0.594. The molecule has 2 N–H and O–H groups in total. The Morgan fingerprint density at radius 1 is 0.917 bits per heavy atom. The minimum atomic E-state index is -0.156. The first-order valence-electron chi connectivity index (χ1n) is 8.73. The Labute approximate surface area is 146 Å². The Morgan fingerprint density at radius 3 is 2.00 bits per heavy atom. The molecule has 0 radical (unpaired) electrons. The number of rotatable bonds is 1. The number of aliphatic hydroxyl groups excluding tert-OH is 1. The van der Waals surface area contributed by atoms with Gasteiger partial charge in [-0.1, -0.05) is 79.7 Å². The lowest BCUT2D eigenvalue weighted by atomic mass is 9.69. The van der Waals surface area contributed by atoms with E-state index in [2.05, 4.69) is 61.5 Å². The Kier molecular flexibility index (Phi) is 4.41. The molecule has 1 aromatic carbocycles. The van der Waals surface area contributed by atoms with Crippen LogP contribution < -0.4 is 0 Å². The molecule has 0 spiro atoms. The molecule has 1 aliphatic rings. The molecule has 0 aromatic heterocycles. The minimum Gasteiger partial charge on any atom is -0.507 e. The third-order valence-electron chi connectivity index (χ3n) is 4.75. The number of aromatic hydroxyl groups is 1. The van der Waals surface area contributed by atoms with Crippen LogP contribution in [0.25, 0.3) is 5.57 Å². The normalized spacial score (nSPS) is 18.6. The largest absolute Gasteiger partial charge is 0.507 e. The van der Waals surface area contributed by atoms with Gasteiger partial charge in [-0.3, -0.25) is 0 Å². The maximum absolute atomic E-state index is 11.0. The molecule has 1 aromatic rings. The maximum atomic E-state index is 11.0. The van der Waals surface area contributed by atoms with Crippen molar-refractivity contribution < 1.29 is 10.2 Å². The molecular formula is C22H32O2. The van der Waals surface area contributed by atoms with Gasteiger partial charge in [-0.05, 0) is 33.8 Å². The van der Waals surface area contributed by atoms with Gasteiger partial charge in [0.25, 0.3) is 0 Å². The summed E-state index contributed by atoms with van der Waals surface area (Å²) < 4.78 is 0. The molecule has 1 aliphatic carbocycles. The summed E-state index contributed by atoms with van der Waals surface area (Å²) in [5.41, 5.74) is 3.08. The van der Waals surface area contributed by atoms with Crippen LogP contribution in [0.15, 0.2) is 35.6 Å². The smallest absolute Gasteiger partial charge is 0.127 e. The highest BCUT2D eigenvalue weighted by Gasteiger charge is 2.34. The van der Waals surface area contributed by atoms with E-state index in [-0.39, 0.29) is 22.0 Å². The van der Waals surface area contributed by atoms with Crippen LogP contribution in [0.2, 0.25) is 0 Å². The molecule has 0 aliphatic heterocycles. The van der Waals surface area contributed by atoms with Crippen LogP contribution >= 0.6 is 0 Å². The third kappa shape index (κ3) is 3.53. The molecule has 0 bridgehead atoms. The van der Waals surface area contributed by atoms with E-state index in [0.29, 0.717) is 5.76 Å². The van der Waals surface area contributed by atoms with E-state index in [1.165, 1.54) is 0 Å². The third-order valence-corrected chi connectivity index (χ3v) is 4.75. The van der Waals surface area contributed by atoms with Gasteiger partial charge in [0.05, 0.1) is 0 Å². The molecule has 24 heavy (non-hydrogen) atoms. The second kappa shape index (κ2) is 5.68. The monoisotopic (exact) mass is 328 g/mol. The quantitative estimate of drug-likeness (QED) is 0.629. The molecule has 2 rings (SSSR count). The van der Waals surface area contributed by atoms with Crippen molar-refractivity contribution in [3.8, 4) is 5.75 Å². The first-order chi connectivity index (χ1) is 10.7. The fourth-order valence-corrected chi connectivity index (χ4v) is 3.40. The van der Waals surface area contributed by atoms with Gasteiger partial charge in [0.15, 0.2) is 0 Å². The van der Waals surface area contributed by atoms with Crippen molar-refractivity contribution in [1.29, 1.82) is 0 Å². The van der Waals surface area contributed by atoms with Gasteiger partial charge in [0.1, 0.15) is 11.5 Å². The van der Waals surface area contributed by atoms with Gasteiger partial charge < -0.3 is 10.2 Å². The number of aliphatic hydroxyl groups is 1. The number of para-hydroxylation sites is 1. The fraction of sp³-hybridized carbons (Fsp3) is 0.545. The zero-order valence-corrected chi connectivity index (χ0v) is 16.4. The van der Waals surface area contributed by atoms with Gasteiger partial charge >= 0.3 is 0 Å². The number of allylic oxidation sites excluding steroid dienone is 3. The van der Waals surface area contributed by atoms with E-state index in [1.54, 1.807) is 0 Å². The lowest BCUT2D eigenvalue weighted by Crippen LogP contribution is -2.24. The number of hydrogen-bond donors (Lipinski definition) is 2. The minimum absolute atomic E-state index is 0.0612. The number of hydrogen-bond acceptors (Lipinski definition) is 2. The fourth-order valence-electron chi connectivity index (χ4n) is 3.40. The Balaban J connectivity index is 2.71. The highest BCUT2D eigenvalue weighted by Crippen LogP contribution is 2.48. The summed E-state index contributed by atoms with van der Waals surface area (Å²) in [7, 11) is 0. The van der Waals surface area contributed by atoms with Crippen molar-refractivity contribution in [3.63, 3.8) is 0 Å². The summed E-state index contributed by atoms with van der Waals surface area (Å²) >= 11 is 0. The van der Waals surface area contributed by atoms with Crippen molar-refractivity contribution in [2.24, 2.45) is 10.8 Å². The number of benzene rings is 1. The standard InChI is InChI=1S/C22H32O2/c1-20(2,3)16-11-9-10-14(18(16)23)15-12-22(7,8)13-17(19(15)24)21(4,5)6/h9-12,23-24H,13H2,1-8H3. The SMILES string of the molecule is CC1(C)C=C(c2cccc(C(C)(C)C)c2O)C(O)=C(C(C)(C)C)C1. The molecule has 0 fully saturated rings. The predicted molar refractivity (Wildman–Crippen MR) is 102 cm³/mol. The topological polar surface area (TPSA) is 40.5 Å². The second-order valence-corrected chi connectivity index (χ2v) is 9.75. The average molecular weight is 328 g/mol. The molecular weight excluding hydrogens is 296 g/mol. The van der Waals surface area contributed by atoms with E-state index in [1.807, 2.05) is 18.2 Å². The lowest BCUT2D eigenvalue weighted by Gasteiger charge is -2.36. The van der Waals surface area contributed by atoms with Gasteiger partial charge in [-0.2, -0.15) is 0 Å². The number of phenolic OH excluding ortho intramolecular Hbond substituents is 1. The van der Waals surface area contributed by atoms with Crippen molar-refractivity contribution in [3.05, 3.63) is 46.7 Å². The Morgan fingerprint density at radius 2 is 1.50 bits per heavy atom. The summed E-state index contributed by atoms with van der Waals surface area (Å²) in [6.07, 6.45) is 2.92. The molecule has 2 nitrogen and oxygen atoms in total. The van der Waals surface area contributed by atoms with Gasteiger partial charge in [0, 0.05) is 11.1 Å². The van der Waals surface area contributed by atoms with Crippen molar-refractivity contribution in [1.82, 2.24) is 0 Å². The predicted octanol–water partition coefficient (Wildman–Crippen LogP) is 6.36. The second-order valence-electron chi connectivity index (χ2n) is 9.75. The average Bonchev–Trinajstić information content (AvgIpc) is 2.39. The molecule has 0 saturated heterocycles. The van der Waals surface area contributed by atoms with Crippen LogP contribution in [0, 0.1) is 10.8 Å². The van der Waals surface area contributed by atoms with Gasteiger partial charge in [-0.15, -0.1) is 0 Å². The Bertz CT molecular complexity index is 704.